The second-order valence-corrected chi connectivity index (χ2v) is 4.21. The number of rotatable bonds is 4. The van der Waals surface area contributed by atoms with Crippen LogP contribution in [-0.2, 0) is 4.74 Å². The van der Waals surface area contributed by atoms with Crippen molar-refractivity contribution in [1.82, 2.24) is 4.90 Å². The molecule has 0 radical (unpaired) electrons. The van der Waals surface area contributed by atoms with E-state index >= 15 is 0 Å². The second kappa shape index (κ2) is 4.40. The molecule has 1 aliphatic heterocycles. The molecule has 0 spiro atoms. The Balaban J connectivity index is 1.65. The first-order chi connectivity index (χ1) is 6.38. The van der Waals surface area contributed by atoms with Gasteiger partial charge in [-0.15, -0.1) is 0 Å². The number of aliphatic hydroxyl groups is 1. The summed E-state index contributed by atoms with van der Waals surface area (Å²) in [5.74, 6) is 1.01. The molecule has 0 aromatic rings. The van der Waals surface area contributed by atoms with E-state index in [9.17, 15) is 0 Å². The molecule has 13 heavy (non-hydrogen) atoms. The van der Waals surface area contributed by atoms with Crippen LogP contribution in [0.4, 0.5) is 0 Å². The zero-order valence-electron chi connectivity index (χ0n) is 8.11. The van der Waals surface area contributed by atoms with Gasteiger partial charge in [0.25, 0.3) is 0 Å². The monoisotopic (exact) mass is 185 g/mol. The van der Waals surface area contributed by atoms with E-state index in [1.165, 1.54) is 25.8 Å². The van der Waals surface area contributed by atoms with Crippen LogP contribution in [0.15, 0.2) is 0 Å². The summed E-state index contributed by atoms with van der Waals surface area (Å²) in [7, 11) is 0. The maximum Gasteiger partial charge on any atom is 0.0932 e. The summed E-state index contributed by atoms with van der Waals surface area (Å²) in [6.07, 6.45) is 4.28. The molecular formula is C10H19NO2. The maximum atomic E-state index is 8.95. The first-order valence-electron chi connectivity index (χ1n) is 5.33. The third-order valence-electron chi connectivity index (χ3n) is 2.98. The van der Waals surface area contributed by atoms with Crippen molar-refractivity contribution >= 4 is 0 Å². The zero-order chi connectivity index (χ0) is 9.10. The third-order valence-corrected chi connectivity index (χ3v) is 2.98. The van der Waals surface area contributed by atoms with Crippen LogP contribution in [0.1, 0.15) is 19.3 Å². The molecule has 0 aromatic heterocycles. The highest BCUT2D eigenvalue weighted by atomic mass is 16.5. The highest BCUT2D eigenvalue weighted by Gasteiger charge is 2.24. The van der Waals surface area contributed by atoms with E-state index in [1.807, 2.05) is 0 Å². The largest absolute Gasteiger partial charge is 0.394 e. The number of hydrogen-bond acceptors (Lipinski definition) is 3. The molecule has 1 aliphatic carbocycles. The topological polar surface area (TPSA) is 32.7 Å². The van der Waals surface area contributed by atoms with Crippen molar-refractivity contribution in [3.05, 3.63) is 0 Å². The first-order valence-corrected chi connectivity index (χ1v) is 5.33. The summed E-state index contributed by atoms with van der Waals surface area (Å²) < 4.78 is 5.39. The Hall–Kier alpha value is -0.120. The fourth-order valence-electron chi connectivity index (χ4n) is 1.87. The average molecular weight is 185 g/mol. The van der Waals surface area contributed by atoms with E-state index in [2.05, 4.69) is 4.90 Å². The predicted octanol–water partition coefficient (Wildman–Crippen LogP) is 0.480. The average Bonchev–Trinajstić information content (AvgIpc) is 2.99. The van der Waals surface area contributed by atoms with E-state index in [1.54, 1.807) is 0 Å². The summed E-state index contributed by atoms with van der Waals surface area (Å²) >= 11 is 0. The van der Waals surface area contributed by atoms with Crippen LogP contribution in [0, 0.1) is 5.92 Å². The predicted molar refractivity (Wildman–Crippen MR) is 50.6 cm³/mol. The third kappa shape index (κ3) is 2.93. The van der Waals surface area contributed by atoms with Crippen LogP contribution in [0.25, 0.3) is 0 Å². The minimum Gasteiger partial charge on any atom is -0.394 e. The van der Waals surface area contributed by atoms with E-state index in [-0.39, 0.29) is 12.7 Å². The minimum atomic E-state index is 0.0629. The Morgan fingerprint density at radius 1 is 1.38 bits per heavy atom. The van der Waals surface area contributed by atoms with Crippen molar-refractivity contribution < 1.29 is 9.84 Å². The quantitative estimate of drug-likeness (QED) is 0.691. The van der Waals surface area contributed by atoms with Gasteiger partial charge >= 0.3 is 0 Å². The molecular weight excluding hydrogens is 166 g/mol. The number of nitrogens with zero attached hydrogens (tertiary/aromatic N) is 1. The van der Waals surface area contributed by atoms with Gasteiger partial charge in [-0.05, 0) is 18.9 Å². The first kappa shape index (κ1) is 9.44. The fourth-order valence-corrected chi connectivity index (χ4v) is 1.87. The number of ether oxygens (including phenoxy) is 1. The van der Waals surface area contributed by atoms with Gasteiger partial charge in [-0.2, -0.15) is 0 Å². The van der Waals surface area contributed by atoms with Gasteiger partial charge in [0.05, 0.1) is 19.3 Å². The summed E-state index contributed by atoms with van der Waals surface area (Å²) in [6, 6.07) is 0. The molecule has 76 valence electrons. The van der Waals surface area contributed by atoms with Crippen molar-refractivity contribution in [3.8, 4) is 0 Å². The van der Waals surface area contributed by atoms with Gasteiger partial charge in [-0.1, -0.05) is 12.8 Å². The molecule has 0 amide bonds. The van der Waals surface area contributed by atoms with Crippen LogP contribution in [0.3, 0.4) is 0 Å². The van der Waals surface area contributed by atoms with E-state index in [4.69, 9.17) is 9.84 Å². The second-order valence-electron chi connectivity index (χ2n) is 4.21. The maximum absolute atomic E-state index is 8.95. The van der Waals surface area contributed by atoms with Gasteiger partial charge in [0, 0.05) is 13.1 Å². The van der Waals surface area contributed by atoms with Crippen molar-refractivity contribution in [2.75, 3.05) is 32.8 Å². The summed E-state index contributed by atoms with van der Waals surface area (Å²) in [4.78, 5) is 2.42. The smallest absolute Gasteiger partial charge is 0.0932 e. The van der Waals surface area contributed by atoms with Crippen LogP contribution in [0.2, 0.25) is 0 Å². The molecule has 1 atom stereocenters. The molecule has 1 saturated carbocycles. The lowest BCUT2D eigenvalue weighted by molar-refractivity contribution is -0.0531. The van der Waals surface area contributed by atoms with Crippen LogP contribution in [0.5, 0.6) is 0 Å². The summed E-state index contributed by atoms with van der Waals surface area (Å²) in [5.41, 5.74) is 0. The number of hydrogen-bond donors (Lipinski definition) is 1. The number of aliphatic hydroxyl groups excluding tert-OH is 1. The lowest BCUT2D eigenvalue weighted by atomic mass is 10.2. The Morgan fingerprint density at radius 2 is 2.23 bits per heavy atom. The van der Waals surface area contributed by atoms with Gasteiger partial charge in [0.1, 0.15) is 0 Å². The minimum absolute atomic E-state index is 0.0629. The fraction of sp³-hybridized carbons (Fsp3) is 1.00. The molecule has 2 rings (SSSR count). The van der Waals surface area contributed by atoms with E-state index in [0.717, 1.165) is 25.6 Å². The molecule has 1 N–H and O–H groups in total. The van der Waals surface area contributed by atoms with Crippen molar-refractivity contribution in [3.63, 3.8) is 0 Å². The van der Waals surface area contributed by atoms with Crippen molar-refractivity contribution in [1.29, 1.82) is 0 Å². The SMILES string of the molecule is OCC1CN(CCC2CC2)CCO1. The van der Waals surface area contributed by atoms with Gasteiger partial charge in [0.2, 0.25) is 0 Å². The summed E-state index contributed by atoms with van der Waals surface area (Å²) in [5, 5.41) is 8.95. The molecule has 2 fully saturated rings. The molecule has 3 nitrogen and oxygen atoms in total. The van der Waals surface area contributed by atoms with Gasteiger partial charge in [-0.25, -0.2) is 0 Å². The molecule has 2 aliphatic rings. The Bertz CT molecular complexity index is 159. The van der Waals surface area contributed by atoms with Gasteiger partial charge in [-0.3, -0.25) is 4.90 Å². The Labute approximate surface area is 79.7 Å². The Kier molecular flexibility index (Phi) is 3.19. The molecule has 0 bridgehead atoms. The van der Waals surface area contributed by atoms with Gasteiger partial charge < -0.3 is 9.84 Å². The van der Waals surface area contributed by atoms with Crippen molar-refractivity contribution in [2.24, 2.45) is 5.92 Å². The van der Waals surface area contributed by atoms with E-state index in [0.29, 0.717) is 0 Å². The summed E-state index contributed by atoms with van der Waals surface area (Å²) in [6.45, 7) is 4.12. The highest BCUT2D eigenvalue weighted by molar-refractivity contribution is 4.77. The zero-order valence-corrected chi connectivity index (χ0v) is 8.11. The Morgan fingerprint density at radius 3 is 2.92 bits per heavy atom. The van der Waals surface area contributed by atoms with Gasteiger partial charge in [0.15, 0.2) is 0 Å². The standard InChI is InChI=1S/C10H19NO2/c12-8-10-7-11(5-6-13-10)4-3-9-1-2-9/h9-10,12H,1-8H2. The van der Waals surface area contributed by atoms with Crippen LogP contribution in [-0.4, -0.2) is 49.0 Å². The van der Waals surface area contributed by atoms with Crippen LogP contribution >= 0.6 is 0 Å². The van der Waals surface area contributed by atoms with Crippen molar-refractivity contribution in [2.45, 2.75) is 25.4 Å². The normalized spacial score (nSPS) is 30.7. The molecule has 1 saturated heterocycles. The van der Waals surface area contributed by atoms with Crippen LogP contribution < -0.4 is 0 Å². The molecule has 3 heteroatoms. The molecule has 0 aromatic carbocycles. The van der Waals surface area contributed by atoms with E-state index < -0.39 is 0 Å². The lowest BCUT2D eigenvalue weighted by Crippen LogP contribution is -2.44. The molecule has 1 heterocycles. The lowest BCUT2D eigenvalue weighted by Gasteiger charge is -2.31. The molecule has 1 unspecified atom stereocenters. The number of morpholine rings is 1. The highest BCUT2D eigenvalue weighted by Crippen LogP contribution is 2.32.